The molecule has 6 aliphatic heterocycles. The number of fused-ring (bicyclic) bond motifs is 2. The van der Waals surface area contributed by atoms with Crippen molar-refractivity contribution < 1.29 is 28.6 Å². The number of imide groups is 1. The zero-order valence-electron chi connectivity index (χ0n) is 36.4. The number of aromatic nitrogens is 2. The second-order valence-electron chi connectivity index (χ2n) is 18.9. The highest BCUT2D eigenvalue weighted by atomic mass is 16.5. The summed E-state index contributed by atoms with van der Waals surface area (Å²) < 4.78 is 19.3. The Labute approximate surface area is 361 Å². The van der Waals surface area contributed by atoms with Gasteiger partial charge in [0.15, 0.2) is 0 Å². The highest BCUT2D eigenvalue weighted by Gasteiger charge is 2.46. The van der Waals surface area contributed by atoms with Crippen LogP contribution in [0.3, 0.4) is 0 Å². The topological polar surface area (TPSA) is 142 Å². The number of likely N-dealkylation sites (tertiary alicyclic amines) is 2. The molecule has 0 saturated carbocycles. The van der Waals surface area contributed by atoms with Crippen LogP contribution in [-0.2, 0) is 34.5 Å². The molecule has 0 bridgehead atoms. The first kappa shape index (κ1) is 40.6. The van der Waals surface area contributed by atoms with Crippen molar-refractivity contribution in [3.05, 3.63) is 75.8 Å². The molecule has 8 heterocycles. The van der Waals surface area contributed by atoms with Crippen molar-refractivity contribution in [1.29, 1.82) is 0 Å². The summed E-state index contributed by atoms with van der Waals surface area (Å²) in [6.07, 6.45) is 6.54. The molecule has 1 atom stereocenters. The van der Waals surface area contributed by atoms with Crippen LogP contribution >= 0.6 is 0 Å². The van der Waals surface area contributed by atoms with Crippen molar-refractivity contribution in [2.24, 2.45) is 18.4 Å². The molecule has 10 rings (SSSR count). The molecule has 0 radical (unpaired) electrons. The standard InChI is InChI=1S/C47H56N8O7/c1-46(62-5)25-54(26-46)41-17-34-35(18-48-41)44(58)50(2)23-36(34)31-14-39(60-3)37(40(15-31)61-4)24-52-20-29(21-52)19-51-12-10-47(11-13-51)27-53(28-47)32-7-6-30-22-55(45(59)33(30)16-32)38-8-9-42(56)49-43(38)57/h6-7,14-18,23,29,38H,8-13,19-22,24-28H2,1-5H3,(H,49,56,57). The summed E-state index contributed by atoms with van der Waals surface area (Å²) in [6.45, 7) is 12.0. The van der Waals surface area contributed by atoms with Crippen molar-refractivity contribution >= 4 is 40.0 Å². The van der Waals surface area contributed by atoms with Gasteiger partial charge in [-0.15, -0.1) is 0 Å². The SMILES string of the molecule is COc1cc(-c2cn(C)c(=O)c3cnc(N4CC(C)(OC)C4)cc23)cc(OC)c1CN1CC(CN2CCC3(CC2)CN(c2ccc4c(c2)C(=O)N(C2CCC(=O)NC2=O)C4)C3)C1. The number of anilines is 2. The van der Waals surface area contributed by atoms with Crippen LogP contribution in [0.1, 0.15) is 54.1 Å². The first-order valence-corrected chi connectivity index (χ1v) is 21.9. The summed E-state index contributed by atoms with van der Waals surface area (Å²) in [4.78, 5) is 66.7. The van der Waals surface area contributed by atoms with Crippen molar-refractivity contribution in [3.8, 4) is 22.6 Å². The summed E-state index contributed by atoms with van der Waals surface area (Å²) in [5, 5.41) is 3.79. The molecular formula is C47H56N8O7. The number of ether oxygens (including phenoxy) is 3. The summed E-state index contributed by atoms with van der Waals surface area (Å²) in [6, 6.07) is 11.7. The van der Waals surface area contributed by atoms with E-state index in [1.807, 2.05) is 24.4 Å². The fourth-order valence-electron chi connectivity index (χ4n) is 10.8. The molecule has 1 unspecified atom stereocenters. The van der Waals surface area contributed by atoms with Gasteiger partial charge in [0.2, 0.25) is 11.8 Å². The molecule has 6 aliphatic rings. The third-order valence-corrected chi connectivity index (χ3v) is 14.6. The molecule has 326 valence electrons. The van der Waals surface area contributed by atoms with Crippen molar-refractivity contribution in [2.45, 2.75) is 57.3 Å². The van der Waals surface area contributed by atoms with E-state index in [0.717, 1.165) is 116 Å². The van der Waals surface area contributed by atoms with Crippen LogP contribution in [0, 0.1) is 11.3 Å². The number of amides is 3. The normalized spacial score (nSPS) is 22.4. The van der Waals surface area contributed by atoms with Crippen LogP contribution in [-0.4, -0.2) is 134 Å². The number of piperidine rings is 2. The predicted molar refractivity (Wildman–Crippen MR) is 235 cm³/mol. The fourth-order valence-corrected chi connectivity index (χ4v) is 10.8. The summed E-state index contributed by atoms with van der Waals surface area (Å²) in [5.41, 5.74) is 5.52. The van der Waals surface area contributed by atoms with Crippen LogP contribution in [0.25, 0.3) is 21.9 Å². The molecule has 5 saturated heterocycles. The number of hydrogen-bond acceptors (Lipinski definition) is 12. The van der Waals surface area contributed by atoms with Gasteiger partial charge in [-0.05, 0) is 86.7 Å². The third-order valence-electron chi connectivity index (χ3n) is 14.6. The second-order valence-corrected chi connectivity index (χ2v) is 18.9. The van der Waals surface area contributed by atoms with E-state index in [9.17, 15) is 19.2 Å². The van der Waals surface area contributed by atoms with E-state index >= 15 is 0 Å². The summed E-state index contributed by atoms with van der Waals surface area (Å²) in [7, 11) is 6.91. The Balaban J connectivity index is 0.738. The first-order chi connectivity index (χ1) is 29.8. The van der Waals surface area contributed by atoms with Crippen molar-refractivity contribution in [2.75, 3.05) is 90.0 Å². The zero-order chi connectivity index (χ0) is 43.1. The van der Waals surface area contributed by atoms with E-state index in [1.165, 1.54) is 12.8 Å². The summed E-state index contributed by atoms with van der Waals surface area (Å²) >= 11 is 0. The van der Waals surface area contributed by atoms with Gasteiger partial charge in [-0.2, -0.15) is 0 Å². The number of carbonyl (C=O) groups excluding carboxylic acids is 3. The molecule has 5 fully saturated rings. The number of benzene rings is 2. The van der Waals surface area contributed by atoms with Crippen LogP contribution in [0.15, 0.2) is 53.6 Å². The lowest BCUT2D eigenvalue weighted by atomic mass is 9.71. The lowest BCUT2D eigenvalue weighted by Gasteiger charge is -2.55. The smallest absolute Gasteiger partial charge is 0.259 e. The lowest BCUT2D eigenvalue weighted by Crippen LogP contribution is -2.61. The van der Waals surface area contributed by atoms with Gasteiger partial charge in [-0.3, -0.25) is 29.4 Å². The largest absolute Gasteiger partial charge is 0.496 e. The van der Waals surface area contributed by atoms with Crippen LogP contribution < -0.4 is 30.1 Å². The highest BCUT2D eigenvalue weighted by Crippen LogP contribution is 2.45. The Bertz CT molecular complexity index is 2500. The third kappa shape index (κ3) is 7.07. The molecule has 62 heavy (non-hydrogen) atoms. The van der Waals surface area contributed by atoms with Gasteiger partial charge >= 0.3 is 0 Å². The monoisotopic (exact) mass is 844 g/mol. The molecule has 1 N–H and O–H groups in total. The van der Waals surface area contributed by atoms with Gasteiger partial charge in [0.1, 0.15) is 23.4 Å². The molecular weight excluding hydrogens is 789 g/mol. The number of hydrogen-bond donors (Lipinski definition) is 1. The van der Waals surface area contributed by atoms with Gasteiger partial charge in [-0.25, -0.2) is 4.98 Å². The van der Waals surface area contributed by atoms with E-state index in [2.05, 4.69) is 55.0 Å². The van der Waals surface area contributed by atoms with E-state index in [1.54, 1.807) is 44.0 Å². The Hall–Kier alpha value is -5.51. The number of pyridine rings is 2. The number of aryl methyl sites for hydroxylation is 1. The fraction of sp³-hybridized carbons (Fsp3) is 0.511. The molecule has 2 aromatic heterocycles. The molecule has 4 aromatic rings. The number of nitrogens with zero attached hydrogens (tertiary/aromatic N) is 7. The Morgan fingerprint density at radius 3 is 2.26 bits per heavy atom. The lowest BCUT2D eigenvalue weighted by molar-refractivity contribution is -0.136. The van der Waals surface area contributed by atoms with Crippen molar-refractivity contribution in [3.63, 3.8) is 0 Å². The molecule has 15 nitrogen and oxygen atoms in total. The number of methoxy groups -OCH3 is 3. The zero-order valence-corrected chi connectivity index (χ0v) is 36.4. The van der Waals surface area contributed by atoms with Gasteiger partial charge in [0, 0.05) is 119 Å². The maximum atomic E-state index is 13.4. The number of carbonyl (C=O) groups is 3. The van der Waals surface area contributed by atoms with Crippen LogP contribution in [0.4, 0.5) is 11.5 Å². The van der Waals surface area contributed by atoms with E-state index < -0.39 is 6.04 Å². The maximum Gasteiger partial charge on any atom is 0.259 e. The van der Waals surface area contributed by atoms with Gasteiger partial charge < -0.3 is 38.4 Å². The number of nitrogens with one attached hydrogen (secondary N) is 1. The summed E-state index contributed by atoms with van der Waals surface area (Å²) in [5.74, 6) is 2.17. The molecule has 3 amide bonds. The second kappa shape index (κ2) is 15.4. The number of rotatable bonds is 11. The minimum atomic E-state index is -0.596. The van der Waals surface area contributed by atoms with Gasteiger partial charge in [0.05, 0.1) is 30.8 Å². The first-order valence-electron chi connectivity index (χ1n) is 21.9. The Morgan fingerprint density at radius 1 is 0.855 bits per heavy atom. The maximum absolute atomic E-state index is 13.4. The van der Waals surface area contributed by atoms with Crippen molar-refractivity contribution in [1.82, 2.24) is 29.6 Å². The molecule has 1 spiro atoms. The molecule has 15 heteroatoms. The van der Waals surface area contributed by atoms with Crippen LogP contribution in [0.5, 0.6) is 11.5 Å². The minimum absolute atomic E-state index is 0.0935. The Kier molecular flexibility index (Phi) is 10.1. The van der Waals surface area contributed by atoms with Gasteiger partial charge in [-0.1, -0.05) is 6.07 Å². The van der Waals surface area contributed by atoms with E-state index in [4.69, 9.17) is 14.2 Å². The average molecular weight is 845 g/mol. The van der Waals surface area contributed by atoms with E-state index in [0.29, 0.717) is 35.2 Å². The Morgan fingerprint density at radius 2 is 1.58 bits per heavy atom. The van der Waals surface area contributed by atoms with Crippen LogP contribution in [0.2, 0.25) is 0 Å². The predicted octanol–water partition coefficient (Wildman–Crippen LogP) is 3.64. The molecule has 2 aromatic carbocycles. The quantitative estimate of drug-likeness (QED) is 0.221. The highest BCUT2D eigenvalue weighted by molar-refractivity contribution is 6.05. The molecule has 0 aliphatic carbocycles. The van der Waals surface area contributed by atoms with Gasteiger partial charge in [0.25, 0.3) is 11.5 Å². The minimum Gasteiger partial charge on any atom is -0.496 e. The average Bonchev–Trinajstić information content (AvgIpc) is 3.56. The van der Waals surface area contributed by atoms with E-state index in [-0.39, 0.29) is 35.3 Å².